The molecule has 0 bridgehead atoms. The van der Waals surface area contributed by atoms with Crippen LogP contribution in [0.2, 0.25) is 5.02 Å². The van der Waals surface area contributed by atoms with Gasteiger partial charge in [0.2, 0.25) is 0 Å². The van der Waals surface area contributed by atoms with Gasteiger partial charge in [-0.3, -0.25) is 0 Å². The van der Waals surface area contributed by atoms with Crippen LogP contribution in [-0.2, 0) is 13.2 Å². The highest BCUT2D eigenvalue weighted by Gasteiger charge is 2.12. The first kappa shape index (κ1) is 14.7. The zero-order valence-corrected chi connectivity index (χ0v) is 13.4. The van der Waals surface area contributed by atoms with Gasteiger partial charge in [-0.2, -0.15) is 0 Å². The fourth-order valence-corrected chi connectivity index (χ4v) is 3.26. The fourth-order valence-electron chi connectivity index (χ4n) is 1.66. The van der Waals surface area contributed by atoms with E-state index in [0.29, 0.717) is 29.7 Å². The molecule has 0 spiro atoms. The highest BCUT2D eigenvalue weighted by molar-refractivity contribution is 9.10. The van der Waals surface area contributed by atoms with Crippen molar-refractivity contribution < 1.29 is 9.47 Å². The molecule has 2 N–H and O–H groups in total. The van der Waals surface area contributed by atoms with Gasteiger partial charge in [0.15, 0.2) is 11.5 Å². The van der Waals surface area contributed by atoms with E-state index in [9.17, 15) is 0 Å². The van der Waals surface area contributed by atoms with Crippen LogP contribution < -0.4 is 15.2 Å². The number of hydrogen-bond donors (Lipinski definition) is 1. The molecule has 0 radical (unpaired) electrons. The monoisotopic (exact) mass is 361 g/mol. The lowest BCUT2D eigenvalue weighted by Crippen LogP contribution is -2.04. The van der Waals surface area contributed by atoms with Crippen LogP contribution >= 0.6 is 38.9 Å². The molecule has 2 aromatic rings. The number of ether oxygens (including phenoxy) is 2. The lowest BCUT2D eigenvalue weighted by atomic mass is 10.2. The van der Waals surface area contributed by atoms with E-state index in [1.54, 1.807) is 30.6 Å². The van der Waals surface area contributed by atoms with Crippen molar-refractivity contribution in [1.29, 1.82) is 0 Å². The van der Waals surface area contributed by atoms with Crippen LogP contribution in [0.1, 0.15) is 10.4 Å². The summed E-state index contributed by atoms with van der Waals surface area (Å²) in [6, 6.07) is 5.54. The van der Waals surface area contributed by atoms with Crippen molar-refractivity contribution in [2.24, 2.45) is 5.73 Å². The summed E-state index contributed by atoms with van der Waals surface area (Å²) >= 11 is 11.1. The van der Waals surface area contributed by atoms with Crippen LogP contribution in [0.25, 0.3) is 0 Å². The van der Waals surface area contributed by atoms with Gasteiger partial charge >= 0.3 is 0 Å². The van der Waals surface area contributed by atoms with Crippen LogP contribution in [-0.4, -0.2) is 7.11 Å². The van der Waals surface area contributed by atoms with Crippen molar-refractivity contribution in [1.82, 2.24) is 0 Å². The Kier molecular flexibility index (Phi) is 5.10. The van der Waals surface area contributed by atoms with E-state index in [1.807, 2.05) is 11.4 Å². The summed E-state index contributed by atoms with van der Waals surface area (Å²) in [5, 5.41) is 2.60. The van der Waals surface area contributed by atoms with Crippen LogP contribution in [0.15, 0.2) is 28.1 Å². The Morgan fingerprint density at radius 1 is 1.37 bits per heavy atom. The van der Waals surface area contributed by atoms with Crippen molar-refractivity contribution >= 4 is 38.9 Å². The van der Waals surface area contributed by atoms with E-state index in [0.717, 1.165) is 14.9 Å². The van der Waals surface area contributed by atoms with Crippen molar-refractivity contribution in [3.8, 4) is 11.5 Å². The molecule has 0 saturated heterocycles. The molecule has 0 fully saturated rings. The van der Waals surface area contributed by atoms with E-state index in [-0.39, 0.29) is 0 Å². The standard InChI is InChI=1S/C13H13BrClNO2S/c1-17-12-4-10(15)2-8(5-16)13(12)18-6-11-3-9(14)7-19-11/h2-4,7H,5-6,16H2,1H3. The molecule has 0 saturated carbocycles. The third-order valence-electron chi connectivity index (χ3n) is 2.52. The predicted octanol–water partition coefficient (Wildman–Crippen LogP) is 4.21. The molecule has 102 valence electrons. The highest BCUT2D eigenvalue weighted by Crippen LogP contribution is 2.35. The quantitative estimate of drug-likeness (QED) is 0.866. The summed E-state index contributed by atoms with van der Waals surface area (Å²) in [6.45, 7) is 0.821. The van der Waals surface area contributed by atoms with Gasteiger partial charge < -0.3 is 15.2 Å². The lowest BCUT2D eigenvalue weighted by Gasteiger charge is -2.14. The van der Waals surface area contributed by atoms with E-state index in [2.05, 4.69) is 15.9 Å². The Balaban J connectivity index is 2.23. The van der Waals surface area contributed by atoms with Crippen LogP contribution in [0.3, 0.4) is 0 Å². The van der Waals surface area contributed by atoms with Crippen LogP contribution in [0.5, 0.6) is 11.5 Å². The summed E-state index contributed by atoms with van der Waals surface area (Å²) in [5.74, 6) is 1.25. The number of methoxy groups -OCH3 is 1. The molecule has 0 aliphatic carbocycles. The molecule has 0 aliphatic heterocycles. The number of nitrogens with two attached hydrogens (primary N) is 1. The molecule has 19 heavy (non-hydrogen) atoms. The number of hydrogen-bond acceptors (Lipinski definition) is 4. The Morgan fingerprint density at radius 3 is 2.74 bits per heavy atom. The van der Waals surface area contributed by atoms with Crippen LogP contribution in [0.4, 0.5) is 0 Å². The Bertz CT molecular complexity index is 549. The van der Waals surface area contributed by atoms with Gasteiger partial charge in [0.05, 0.1) is 7.11 Å². The fraction of sp³-hybridized carbons (Fsp3) is 0.231. The first-order valence-corrected chi connectivity index (χ1v) is 7.61. The number of benzene rings is 1. The average molecular weight is 363 g/mol. The minimum Gasteiger partial charge on any atom is -0.493 e. The molecule has 0 amide bonds. The Hall–Kier alpha value is -0.750. The molecular weight excluding hydrogens is 350 g/mol. The zero-order chi connectivity index (χ0) is 13.8. The van der Waals surface area contributed by atoms with Gasteiger partial charge in [-0.25, -0.2) is 0 Å². The van der Waals surface area contributed by atoms with Gasteiger partial charge in [0.25, 0.3) is 0 Å². The topological polar surface area (TPSA) is 44.5 Å². The van der Waals surface area contributed by atoms with Crippen molar-refractivity contribution in [2.45, 2.75) is 13.2 Å². The molecule has 1 aromatic heterocycles. The van der Waals surface area contributed by atoms with Gasteiger partial charge in [0.1, 0.15) is 6.61 Å². The van der Waals surface area contributed by atoms with Crippen LogP contribution in [0, 0.1) is 0 Å². The molecule has 0 aliphatic rings. The summed E-state index contributed by atoms with van der Waals surface area (Å²) < 4.78 is 12.2. The van der Waals surface area contributed by atoms with E-state index in [4.69, 9.17) is 26.8 Å². The molecule has 0 unspecified atom stereocenters. The third-order valence-corrected chi connectivity index (χ3v) is 4.41. The number of halogens is 2. The van der Waals surface area contributed by atoms with E-state index in [1.165, 1.54) is 0 Å². The maximum Gasteiger partial charge on any atom is 0.166 e. The second-order valence-electron chi connectivity index (χ2n) is 3.82. The Morgan fingerprint density at radius 2 is 2.16 bits per heavy atom. The smallest absolute Gasteiger partial charge is 0.166 e. The van der Waals surface area contributed by atoms with Gasteiger partial charge in [-0.1, -0.05) is 11.6 Å². The second-order valence-corrected chi connectivity index (χ2v) is 6.17. The molecule has 0 atom stereocenters. The number of thiophene rings is 1. The van der Waals surface area contributed by atoms with Gasteiger partial charge in [-0.15, -0.1) is 11.3 Å². The molecule has 2 rings (SSSR count). The summed E-state index contributed by atoms with van der Waals surface area (Å²) in [5.41, 5.74) is 6.55. The van der Waals surface area contributed by atoms with Crippen molar-refractivity contribution in [3.05, 3.63) is 43.5 Å². The minimum absolute atomic E-state index is 0.348. The summed E-state index contributed by atoms with van der Waals surface area (Å²) in [6.07, 6.45) is 0. The maximum absolute atomic E-state index is 6.00. The van der Waals surface area contributed by atoms with Crippen molar-refractivity contribution in [2.75, 3.05) is 7.11 Å². The normalized spacial score (nSPS) is 10.5. The Labute approximate surface area is 129 Å². The second kappa shape index (κ2) is 6.61. The molecular formula is C13H13BrClNO2S. The van der Waals surface area contributed by atoms with Gasteiger partial charge in [0, 0.05) is 37.9 Å². The maximum atomic E-state index is 6.00. The highest BCUT2D eigenvalue weighted by atomic mass is 79.9. The largest absolute Gasteiger partial charge is 0.493 e. The first-order chi connectivity index (χ1) is 9.13. The number of rotatable bonds is 5. The summed E-state index contributed by atoms with van der Waals surface area (Å²) in [4.78, 5) is 1.12. The molecule has 1 aromatic carbocycles. The van der Waals surface area contributed by atoms with Crippen molar-refractivity contribution in [3.63, 3.8) is 0 Å². The zero-order valence-electron chi connectivity index (χ0n) is 10.3. The third kappa shape index (κ3) is 3.63. The molecule has 1 heterocycles. The van der Waals surface area contributed by atoms with E-state index >= 15 is 0 Å². The predicted molar refractivity (Wildman–Crippen MR) is 82.2 cm³/mol. The average Bonchev–Trinajstić information content (AvgIpc) is 2.81. The minimum atomic E-state index is 0.348. The SMILES string of the molecule is COc1cc(Cl)cc(CN)c1OCc1cc(Br)cs1. The van der Waals surface area contributed by atoms with E-state index < -0.39 is 0 Å². The summed E-state index contributed by atoms with van der Waals surface area (Å²) in [7, 11) is 1.58. The molecule has 3 nitrogen and oxygen atoms in total. The lowest BCUT2D eigenvalue weighted by molar-refractivity contribution is 0.284. The van der Waals surface area contributed by atoms with Gasteiger partial charge in [-0.05, 0) is 28.1 Å². The molecule has 6 heteroatoms. The first-order valence-electron chi connectivity index (χ1n) is 5.56.